The SMILES string of the molecule is CCc1ccc(C(=O)NCCN2C(=O)C(=Cc3ccc4c(c3)OCO4)SC2=S)cc1. The van der Waals surface area contributed by atoms with Crippen LogP contribution < -0.4 is 14.8 Å². The highest BCUT2D eigenvalue weighted by molar-refractivity contribution is 8.26. The molecule has 8 heteroatoms. The van der Waals surface area contributed by atoms with Crippen LogP contribution in [0.15, 0.2) is 47.4 Å². The predicted octanol–water partition coefficient (Wildman–Crippen LogP) is 3.61. The number of carbonyl (C=O) groups excluding carboxylic acids is 2. The first-order valence-corrected chi connectivity index (χ1v) is 10.8. The molecule has 1 N–H and O–H groups in total. The Morgan fingerprint density at radius 2 is 1.97 bits per heavy atom. The average Bonchev–Trinajstić information content (AvgIpc) is 3.33. The summed E-state index contributed by atoms with van der Waals surface area (Å²) >= 11 is 6.61. The molecule has 0 radical (unpaired) electrons. The van der Waals surface area contributed by atoms with Crippen molar-refractivity contribution < 1.29 is 19.1 Å². The molecule has 154 valence electrons. The molecule has 2 aromatic rings. The van der Waals surface area contributed by atoms with Crippen LogP contribution in [0.2, 0.25) is 0 Å². The zero-order valence-corrected chi connectivity index (χ0v) is 18.0. The van der Waals surface area contributed by atoms with Gasteiger partial charge in [-0.25, -0.2) is 0 Å². The van der Waals surface area contributed by atoms with Crippen LogP contribution in [0.25, 0.3) is 6.08 Å². The van der Waals surface area contributed by atoms with Crippen molar-refractivity contribution in [1.82, 2.24) is 10.2 Å². The number of thiocarbonyl (C=S) groups is 1. The third-order valence-electron chi connectivity index (χ3n) is 4.81. The number of hydrogen-bond donors (Lipinski definition) is 1. The molecule has 6 nitrogen and oxygen atoms in total. The van der Waals surface area contributed by atoms with E-state index in [-0.39, 0.29) is 18.6 Å². The van der Waals surface area contributed by atoms with Gasteiger partial charge < -0.3 is 14.8 Å². The lowest BCUT2D eigenvalue weighted by molar-refractivity contribution is -0.122. The molecular weight excluding hydrogens is 420 g/mol. The third-order valence-corrected chi connectivity index (χ3v) is 6.19. The third kappa shape index (κ3) is 4.34. The van der Waals surface area contributed by atoms with E-state index in [1.807, 2.05) is 42.5 Å². The summed E-state index contributed by atoms with van der Waals surface area (Å²) in [6.45, 7) is 2.91. The van der Waals surface area contributed by atoms with Crippen molar-refractivity contribution >= 4 is 46.2 Å². The molecule has 0 unspecified atom stereocenters. The molecule has 1 fully saturated rings. The van der Waals surface area contributed by atoms with E-state index < -0.39 is 0 Å². The summed E-state index contributed by atoms with van der Waals surface area (Å²) in [6.07, 6.45) is 2.71. The number of ether oxygens (including phenoxy) is 2. The zero-order valence-electron chi connectivity index (χ0n) is 16.3. The Bertz CT molecular complexity index is 1030. The molecular formula is C22H20N2O4S2. The number of benzene rings is 2. The van der Waals surface area contributed by atoms with Crippen molar-refractivity contribution in [3.8, 4) is 11.5 Å². The maximum Gasteiger partial charge on any atom is 0.266 e. The molecule has 4 rings (SSSR count). The summed E-state index contributed by atoms with van der Waals surface area (Å²) in [5, 5.41) is 2.85. The molecule has 0 atom stereocenters. The van der Waals surface area contributed by atoms with Gasteiger partial charge in [0.05, 0.1) is 4.91 Å². The first kappa shape index (κ1) is 20.4. The van der Waals surface area contributed by atoms with Crippen LogP contribution in [-0.4, -0.2) is 40.9 Å². The van der Waals surface area contributed by atoms with Crippen LogP contribution in [0.3, 0.4) is 0 Å². The smallest absolute Gasteiger partial charge is 0.266 e. The number of carbonyl (C=O) groups is 2. The molecule has 0 saturated carbocycles. The van der Waals surface area contributed by atoms with Crippen molar-refractivity contribution in [3.63, 3.8) is 0 Å². The van der Waals surface area contributed by atoms with E-state index in [2.05, 4.69) is 12.2 Å². The highest BCUT2D eigenvalue weighted by Gasteiger charge is 2.31. The van der Waals surface area contributed by atoms with Gasteiger partial charge in [-0.1, -0.05) is 49.1 Å². The van der Waals surface area contributed by atoms with Crippen LogP contribution in [0, 0.1) is 0 Å². The Morgan fingerprint density at radius 3 is 2.73 bits per heavy atom. The lowest BCUT2D eigenvalue weighted by Crippen LogP contribution is -2.37. The van der Waals surface area contributed by atoms with Gasteiger partial charge in [0.1, 0.15) is 4.32 Å². The largest absolute Gasteiger partial charge is 0.454 e. The molecule has 1 saturated heterocycles. The number of hydrogen-bond acceptors (Lipinski definition) is 6. The van der Waals surface area contributed by atoms with Gasteiger partial charge in [0.15, 0.2) is 11.5 Å². The second-order valence-electron chi connectivity index (χ2n) is 6.75. The van der Waals surface area contributed by atoms with E-state index in [1.165, 1.54) is 22.2 Å². The van der Waals surface area contributed by atoms with Gasteiger partial charge in [0.25, 0.3) is 11.8 Å². The van der Waals surface area contributed by atoms with Gasteiger partial charge >= 0.3 is 0 Å². The minimum Gasteiger partial charge on any atom is -0.454 e. The molecule has 30 heavy (non-hydrogen) atoms. The number of nitrogens with one attached hydrogen (secondary N) is 1. The molecule has 2 aromatic carbocycles. The second kappa shape index (κ2) is 8.89. The van der Waals surface area contributed by atoms with Crippen LogP contribution in [0.5, 0.6) is 11.5 Å². The fourth-order valence-electron chi connectivity index (χ4n) is 3.12. The van der Waals surface area contributed by atoms with Crippen LogP contribution >= 0.6 is 24.0 Å². The van der Waals surface area contributed by atoms with Crippen LogP contribution in [-0.2, 0) is 11.2 Å². The van der Waals surface area contributed by atoms with E-state index in [1.54, 1.807) is 6.08 Å². The molecule has 0 aromatic heterocycles. The lowest BCUT2D eigenvalue weighted by Gasteiger charge is -2.15. The van der Waals surface area contributed by atoms with Crippen molar-refractivity contribution in [1.29, 1.82) is 0 Å². The summed E-state index contributed by atoms with van der Waals surface area (Å²) in [6, 6.07) is 13.0. The summed E-state index contributed by atoms with van der Waals surface area (Å²) < 4.78 is 11.2. The van der Waals surface area contributed by atoms with Gasteiger partial charge in [0, 0.05) is 18.7 Å². The van der Waals surface area contributed by atoms with E-state index in [0.29, 0.717) is 39.4 Å². The predicted molar refractivity (Wildman–Crippen MR) is 121 cm³/mol. The maximum atomic E-state index is 12.8. The molecule has 2 heterocycles. The Labute approximate surface area is 184 Å². The van der Waals surface area contributed by atoms with Gasteiger partial charge in [0.2, 0.25) is 6.79 Å². The number of thioether (sulfide) groups is 1. The lowest BCUT2D eigenvalue weighted by atomic mass is 10.1. The molecule has 0 bridgehead atoms. The van der Waals surface area contributed by atoms with Crippen LogP contribution in [0.4, 0.5) is 0 Å². The quantitative estimate of drug-likeness (QED) is 0.547. The minimum absolute atomic E-state index is 0.163. The van der Waals surface area contributed by atoms with Gasteiger partial charge in [-0.15, -0.1) is 0 Å². The molecule has 0 spiro atoms. The topological polar surface area (TPSA) is 67.9 Å². The summed E-state index contributed by atoms with van der Waals surface area (Å²) in [5.41, 5.74) is 2.61. The van der Waals surface area contributed by atoms with E-state index >= 15 is 0 Å². The number of rotatable bonds is 6. The summed E-state index contributed by atoms with van der Waals surface area (Å²) in [4.78, 5) is 27.1. The summed E-state index contributed by atoms with van der Waals surface area (Å²) in [7, 11) is 0. The molecule has 0 aliphatic carbocycles. The van der Waals surface area contributed by atoms with E-state index in [4.69, 9.17) is 21.7 Å². The second-order valence-corrected chi connectivity index (χ2v) is 8.43. The Morgan fingerprint density at radius 1 is 1.20 bits per heavy atom. The zero-order chi connectivity index (χ0) is 21.1. The average molecular weight is 441 g/mol. The summed E-state index contributed by atoms with van der Waals surface area (Å²) in [5.74, 6) is 1.02. The highest BCUT2D eigenvalue weighted by atomic mass is 32.2. The number of aryl methyl sites for hydroxylation is 1. The molecule has 2 aliphatic heterocycles. The Hall–Kier alpha value is -2.84. The number of fused-ring (bicyclic) bond motifs is 1. The van der Waals surface area contributed by atoms with Gasteiger partial charge in [-0.3, -0.25) is 14.5 Å². The number of nitrogens with zero attached hydrogens (tertiary/aromatic N) is 1. The van der Waals surface area contributed by atoms with E-state index in [9.17, 15) is 9.59 Å². The first-order chi connectivity index (χ1) is 14.5. The Balaban J connectivity index is 1.35. The minimum atomic E-state index is -0.168. The standard InChI is InChI=1S/C22H20N2O4S2/c1-2-14-3-6-16(7-4-14)20(25)23-9-10-24-21(26)19(30-22(24)29)12-15-5-8-17-18(11-15)28-13-27-17/h3-8,11-12H,2,9-10,13H2,1H3,(H,23,25). The van der Waals surface area contributed by atoms with Crippen LogP contribution in [0.1, 0.15) is 28.4 Å². The van der Waals surface area contributed by atoms with Gasteiger partial charge in [-0.2, -0.15) is 0 Å². The molecule has 2 aliphatic rings. The normalized spacial score (nSPS) is 16.4. The number of amides is 2. The fourth-order valence-corrected chi connectivity index (χ4v) is 4.43. The van der Waals surface area contributed by atoms with Crippen molar-refractivity contribution in [2.45, 2.75) is 13.3 Å². The maximum absolute atomic E-state index is 12.8. The van der Waals surface area contributed by atoms with Crippen molar-refractivity contribution in [2.24, 2.45) is 0 Å². The first-order valence-electron chi connectivity index (χ1n) is 9.57. The van der Waals surface area contributed by atoms with E-state index in [0.717, 1.165) is 12.0 Å². The van der Waals surface area contributed by atoms with Crippen molar-refractivity contribution in [2.75, 3.05) is 19.9 Å². The van der Waals surface area contributed by atoms with Crippen molar-refractivity contribution in [3.05, 3.63) is 64.1 Å². The highest BCUT2D eigenvalue weighted by Crippen LogP contribution is 2.36. The monoisotopic (exact) mass is 440 g/mol. The molecule has 2 amide bonds. The fraction of sp³-hybridized carbons (Fsp3) is 0.227. The van der Waals surface area contributed by atoms with Gasteiger partial charge in [-0.05, 0) is 47.9 Å². The Kier molecular flexibility index (Phi) is 6.06.